The average molecular weight is 738 g/mol. The van der Waals surface area contributed by atoms with Crippen LogP contribution in [0.25, 0.3) is 0 Å². The van der Waals surface area contributed by atoms with E-state index in [-0.39, 0.29) is 13.0 Å². The van der Waals surface area contributed by atoms with E-state index >= 15 is 0 Å². The van der Waals surface area contributed by atoms with Crippen molar-refractivity contribution in [2.75, 3.05) is 26.4 Å². The highest BCUT2D eigenvalue weighted by Gasteiger charge is 2.27. The lowest BCUT2D eigenvalue weighted by Gasteiger charge is -2.20. The highest BCUT2D eigenvalue weighted by molar-refractivity contribution is 7.47. The minimum atomic E-state index is -4.63. The number of ether oxygens (including phenoxy) is 2. The van der Waals surface area contributed by atoms with Gasteiger partial charge in [0.2, 0.25) is 0 Å². The Morgan fingerprint density at radius 1 is 0.647 bits per heavy atom. The Bertz CT molecular complexity index is 1080. The van der Waals surface area contributed by atoms with E-state index in [1.807, 2.05) is 12.2 Å². The zero-order valence-corrected chi connectivity index (χ0v) is 32.3. The molecule has 0 radical (unpaired) electrons. The number of allylic oxidation sites excluding steroid dienone is 11. The van der Waals surface area contributed by atoms with E-state index in [0.717, 1.165) is 70.6 Å². The lowest BCUT2D eigenvalue weighted by molar-refractivity contribution is -0.154. The van der Waals surface area contributed by atoms with Gasteiger partial charge in [0, 0.05) is 6.42 Å². The van der Waals surface area contributed by atoms with Gasteiger partial charge in [0.25, 0.3) is 0 Å². The number of rotatable bonds is 35. The van der Waals surface area contributed by atoms with Crippen LogP contribution in [0, 0.1) is 0 Å². The maximum atomic E-state index is 12.5. The fourth-order valence-corrected chi connectivity index (χ4v) is 5.32. The van der Waals surface area contributed by atoms with Crippen molar-refractivity contribution in [2.24, 2.45) is 5.73 Å². The van der Waals surface area contributed by atoms with E-state index < -0.39 is 45.1 Å². The van der Waals surface area contributed by atoms with Gasteiger partial charge in [-0.2, -0.15) is 0 Å². The molecule has 0 aromatic heterocycles. The first-order valence-electron chi connectivity index (χ1n) is 19.0. The summed E-state index contributed by atoms with van der Waals surface area (Å²) in [7, 11) is -4.63. The third-order valence-electron chi connectivity index (χ3n) is 7.49. The maximum absolute atomic E-state index is 12.5. The van der Waals surface area contributed by atoms with E-state index in [0.29, 0.717) is 19.4 Å². The van der Waals surface area contributed by atoms with Crippen molar-refractivity contribution < 1.29 is 42.7 Å². The molecule has 3 unspecified atom stereocenters. The molecule has 0 heterocycles. The largest absolute Gasteiger partial charge is 0.480 e. The Morgan fingerprint density at radius 2 is 1.14 bits per heavy atom. The van der Waals surface area contributed by atoms with Gasteiger partial charge >= 0.3 is 19.8 Å². The summed E-state index contributed by atoms with van der Waals surface area (Å²) in [6.07, 6.45) is 42.6. The van der Waals surface area contributed by atoms with E-state index in [9.17, 15) is 19.0 Å². The Balaban J connectivity index is 4.47. The van der Waals surface area contributed by atoms with Crippen LogP contribution in [0.4, 0.5) is 0 Å². The van der Waals surface area contributed by atoms with Gasteiger partial charge in [0.15, 0.2) is 0 Å². The molecular formula is C40H68NO9P. The van der Waals surface area contributed by atoms with Crippen LogP contribution >= 0.6 is 7.82 Å². The zero-order chi connectivity index (χ0) is 37.7. The minimum absolute atomic E-state index is 0.0444. The summed E-state index contributed by atoms with van der Waals surface area (Å²) in [5.41, 5.74) is 5.33. The second-order valence-electron chi connectivity index (χ2n) is 12.3. The molecule has 0 fully saturated rings. The van der Waals surface area contributed by atoms with Gasteiger partial charge in [-0.05, 0) is 70.6 Å². The van der Waals surface area contributed by atoms with Crippen molar-refractivity contribution in [3.8, 4) is 0 Å². The Kier molecular flexibility index (Phi) is 34.0. The summed E-state index contributed by atoms with van der Waals surface area (Å²) < 4.78 is 33.1. The van der Waals surface area contributed by atoms with Crippen LogP contribution in [0.5, 0.6) is 0 Å². The van der Waals surface area contributed by atoms with Crippen LogP contribution in [-0.4, -0.2) is 60.5 Å². The number of hydrogen-bond acceptors (Lipinski definition) is 8. The van der Waals surface area contributed by atoms with Crippen molar-refractivity contribution in [2.45, 2.75) is 142 Å². The summed E-state index contributed by atoms with van der Waals surface area (Å²) in [5, 5.41) is 8.86. The summed E-state index contributed by atoms with van der Waals surface area (Å²) in [6.45, 7) is 3.48. The predicted octanol–water partition coefficient (Wildman–Crippen LogP) is 9.86. The molecule has 0 aliphatic heterocycles. The Hall–Kier alpha value is -2.59. The third-order valence-corrected chi connectivity index (χ3v) is 8.44. The van der Waals surface area contributed by atoms with Crippen molar-refractivity contribution in [3.63, 3.8) is 0 Å². The zero-order valence-electron chi connectivity index (χ0n) is 31.4. The van der Waals surface area contributed by atoms with Crippen LogP contribution in [-0.2, 0) is 32.7 Å². The standard InChI is InChI=1S/C40H68NO9P/c1-3-5-7-9-11-13-15-17-18-19-21-23-25-27-29-31-33-47-34-37(35-48-51(45,46)49-36-38(41)40(43)44)50-39(42)32-30-28-26-24-22-20-16-14-12-10-8-6-4-2/h5,7,11,13-14,16-18,21,23,27,29,37-38H,3-4,6,8-10,12,15,19-20,22,24-26,28,30-36,41H2,1-2H3,(H,43,44)(H,45,46)/b7-5-,13-11-,16-14-,18-17-,23-21-,29-27-. The Morgan fingerprint density at radius 3 is 1.71 bits per heavy atom. The number of phosphoric acid groups is 1. The molecule has 3 atom stereocenters. The van der Waals surface area contributed by atoms with E-state index in [2.05, 4.69) is 79.1 Å². The summed E-state index contributed by atoms with van der Waals surface area (Å²) in [5.74, 6) is -1.83. The minimum Gasteiger partial charge on any atom is -0.480 e. The van der Waals surface area contributed by atoms with Gasteiger partial charge in [-0.25, -0.2) is 4.57 Å². The van der Waals surface area contributed by atoms with Gasteiger partial charge in [-0.1, -0.05) is 125 Å². The molecule has 0 bridgehead atoms. The maximum Gasteiger partial charge on any atom is 0.472 e. The van der Waals surface area contributed by atoms with E-state index in [1.165, 1.54) is 25.7 Å². The molecule has 0 aliphatic carbocycles. The number of aliphatic carboxylic acids is 1. The first-order valence-corrected chi connectivity index (χ1v) is 20.5. The molecule has 0 saturated carbocycles. The number of carbonyl (C=O) groups is 2. The average Bonchev–Trinajstić information content (AvgIpc) is 3.10. The van der Waals surface area contributed by atoms with Crippen molar-refractivity contribution in [1.82, 2.24) is 0 Å². The first-order chi connectivity index (χ1) is 24.7. The normalized spacial score (nSPS) is 14.9. The van der Waals surface area contributed by atoms with Gasteiger partial charge in [0.05, 0.1) is 26.4 Å². The summed E-state index contributed by atoms with van der Waals surface area (Å²) in [4.78, 5) is 33.4. The number of carboxylic acid groups (broad SMARTS) is 1. The van der Waals surface area contributed by atoms with Crippen molar-refractivity contribution >= 4 is 19.8 Å². The summed E-state index contributed by atoms with van der Waals surface area (Å²) >= 11 is 0. The van der Waals surface area contributed by atoms with Crippen LogP contribution in [0.15, 0.2) is 72.9 Å². The molecular weight excluding hydrogens is 669 g/mol. The van der Waals surface area contributed by atoms with Crippen LogP contribution in [0.2, 0.25) is 0 Å². The number of esters is 1. The molecule has 292 valence electrons. The van der Waals surface area contributed by atoms with Crippen molar-refractivity contribution in [1.29, 1.82) is 0 Å². The van der Waals surface area contributed by atoms with Gasteiger partial charge in [-0.15, -0.1) is 0 Å². The van der Waals surface area contributed by atoms with Gasteiger partial charge in [-0.3, -0.25) is 18.6 Å². The number of nitrogens with two attached hydrogens (primary N) is 1. The molecule has 10 nitrogen and oxygen atoms in total. The molecule has 51 heavy (non-hydrogen) atoms. The number of carboxylic acids is 1. The molecule has 4 N–H and O–H groups in total. The fourth-order valence-electron chi connectivity index (χ4n) is 4.54. The van der Waals surface area contributed by atoms with E-state index in [1.54, 1.807) is 0 Å². The molecule has 0 amide bonds. The number of phosphoric ester groups is 1. The third kappa shape index (κ3) is 35.6. The lowest BCUT2D eigenvalue weighted by Crippen LogP contribution is -2.34. The van der Waals surface area contributed by atoms with Gasteiger partial charge in [0.1, 0.15) is 12.1 Å². The molecule has 0 saturated heterocycles. The second kappa shape index (κ2) is 35.8. The highest BCUT2D eigenvalue weighted by atomic mass is 31.2. The fraction of sp³-hybridized carbons (Fsp3) is 0.650. The van der Waals surface area contributed by atoms with Gasteiger partial charge < -0.3 is 25.2 Å². The molecule has 0 aliphatic rings. The van der Waals surface area contributed by atoms with Crippen LogP contribution in [0.1, 0.15) is 129 Å². The Labute approximate surface area is 308 Å². The number of unbranched alkanes of at least 4 members (excludes halogenated alkanes) is 9. The molecule has 0 rings (SSSR count). The molecule has 0 aromatic rings. The first kappa shape index (κ1) is 48.4. The van der Waals surface area contributed by atoms with E-state index in [4.69, 9.17) is 24.8 Å². The summed E-state index contributed by atoms with van der Waals surface area (Å²) in [6, 6.07) is -1.49. The topological polar surface area (TPSA) is 155 Å². The second-order valence-corrected chi connectivity index (χ2v) is 13.8. The lowest BCUT2D eigenvalue weighted by atomic mass is 10.1. The monoisotopic (exact) mass is 737 g/mol. The molecule has 0 aromatic carbocycles. The molecule has 0 spiro atoms. The smallest absolute Gasteiger partial charge is 0.472 e. The van der Waals surface area contributed by atoms with Crippen LogP contribution in [0.3, 0.4) is 0 Å². The van der Waals surface area contributed by atoms with Crippen LogP contribution < -0.4 is 5.73 Å². The molecule has 11 heteroatoms. The highest BCUT2D eigenvalue weighted by Crippen LogP contribution is 2.43. The quantitative estimate of drug-likeness (QED) is 0.0248. The van der Waals surface area contributed by atoms with Crippen molar-refractivity contribution in [3.05, 3.63) is 72.9 Å². The number of hydrogen-bond donors (Lipinski definition) is 3. The SMILES string of the molecule is CC/C=C\C/C=C\C/C=C\C/C=C\C/C=C\CCOCC(COP(=O)(O)OCC(N)C(=O)O)OC(=O)CCCCCCC/C=C\CCCCCC. The predicted molar refractivity (Wildman–Crippen MR) is 207 cm³/mol. The number of carbonyl (C=O) groups excluding carboxylic acids is 1.